The van der Waals surface area contributed by atoms with Crippen molar-refractivity contribution in [1.29, 1.82) is 0 Å². The maximum Gasteiger partial charge on any atom is 0.418 e. The maximum atomic E-state index is 13.3. The van der Waals surface area contributed by atoms with Crippen LogP contribution in [0.3, 0.4) is 0 Å². The van der Waals surface area contributed by atoms with Crippen molar-refractivity contribution in [1.82, 2.24) is 14.7 Å². The predicted molar refractivity (Wildman–Crippen MR) is 106 cm³/mol. The average Bonchev–Trinajstić information content (AvgIpc) is 3.14. The van der Waals surface area contributed by atoms with Crippen LogP contribution in [-0.4, -0.2) is 33.2 Å². The number of aryl methyl sites for hydroxylation is 1. The molecule has 0 aliphatic carbocycles. The molecule has 1 aromatic carbocycles. The number of rotatable bonds is 6. The molecule has 32 heavy (non-hydrogen) atoms. The highest BCUT2D eigenvalue weighted by molar-refractivity contribution is 6.00. The normalized spacial score (nSPS) is 12.6. The minimum atomic E-state index is -4.68. The summed E-state index contributed by atoms with van der Waals surface area (Å²) in [7, 11) is 0. The second kappa shape index (κ2) is 8.81. The Kier molecular flexibility index (Phi) is 6.32. The molecule has 12 heteroatoms. The van der Waals surface area contributed by atoms with Crippen LogP contribution >= 0.6 is 0 Å². The van der Waals surface area contributed by atoms with E-state index in [1.54, 1.807) is 13.8 Å². The summed E-state index contributed by atoms with van der Waals surface area (Å²) in [5, 5.41) is 5.50. The molecule has 0 unspecified atom stereocenters. The van der Waals surface area contributed by atoms with Crippen LogP contribution in [0.5, 0.6) is 0 Å². The highest BCUT2D eigenvalue weighted by Crippen LogP contribution is 2.35. The second-order valence-corrected chi connectivity index (χ2v) is 6.72. The van der Waals surface area contributed by atoms with Crippen LogP contribution < -0.4 is 10.9 Å². The van der Waals surface area contributed by atoms with Gasteiger partial charge in [-0.2, -0.15) is 18.2 Å². The van der Waals surface area contributed by atoms with Crippen molar-refractivity contribution in [3.63, 3.8) is 0 Å². The lowest BCUT2D eigenvalue weighted by atomic mass is 10.1. The quantitative estimate of drug-likeness (QED) is 0.569. The molecule has 0 bridgehead atoms. The molecule has 0 aliphatic rings. The summed E-state index contributed by atoms with van der Waals surface area (Å²) in [5.41, 5.74) is -2.89. The molecular weight excluding hydrogens is 433 g/mol. The van der Waals surface area contributed by atoms with E-state index in [-0.39, 0.29) is 30.0 Å². The predicted octanol–water partition coefficient (Wildman–Crippen LogP) is 3.48. The molecule has 1 amide bonds. The number of fused-ring (bicyclic) bond motifs is 1. The first-order valence-electron chi connectivity index (χ1n) is 9.62. The number of esters is 1. The van der Waals surface area contributed by atoms with Crippen LogP contribution in [0.2, 0.25) is 0 Å². The van der Waals surface area contributed by atoms with Crippen molar-refractivity contribution in [2.45, 2.75) is 39.4 Å². The molecule has 170 valence electrons. The van der Waals surface area contributed by atoms with E-state index in [9.17, 15) is 27.6 Å². The molecule has 1 N–H and O–H groups in total. The minimum absolute atomic E-state index is 0.0271. The number of anilines is 1. The SMILES string of the molecule is CCOC(=O)c1noc2nc(C)n([C@@H](CC)C(=O)Nc3ccccc3C(F)(F)F)c(=O)c12. The monoisotopic (exact) mass is 452 g/mol. The molecule has 0 spiro atoms. The summed E-state index contributed by atoms with van der Waals surface area (Å²) in [4.78, 5) is 42.3. The van der Waals surface area contributed by atoms with Gasteiger partial charge in [0.1, 0.15) is 17.3 Å². The van der Waals surface area contributed by atoms with E-state index in [4.69, 9.17) is 9.26 Å². The molecule has 2 heterocycles. The Hall–Kier alpha value is -3.70. The number of hydrogen-bond acceptors (Lipinski definition) is 7. The highest BCUT2D eigenvalue weighted by atomic mass is 19.4. The van der Waals surface area contributed by atoms with Gasteiger partial charge in [-0.15, -0.1) is 0 Å². The molecule has 1 atom stereocenters. The third-order valence-electron chi connectivity index (χ3n) is 4.68. The largest absolute Gasteiger partial charge is 0.461 e. The van der Waals surface area contributed by atoms with Crippen LogP contribution in [0.15, 0.2) is 33.6 Å². The molecule has 3 aromatic rings. The van der Waals surface area contributed by atoms with E-state index in [0.717, 1.165) is 16.7 Å². The third kappa shape index (κ3) is 4.20. The highest BCUT2D eigenvalue weighted by Gasteiger charge is 2.35. The smallest absolute Gasteiger partial charge is 0.418 e. The number of nitrogens with zero attached hydrogens (tertiary/aromatic N) is 3. The maximum absolute atomic E-state index is 13.3. The Morgan fingerprint density at radius 3 is 2.56 bits per heavy atom. The standard InChI is InChI=1S/C20H19F3N4O5/c1-4-13(16(28)25-12-9-7-6-8-11(12)20(21,22)23)27-10(3)24-17-14(18(27)29)15(26-32-17)19(30)31-5-2/h6-9,13H,4-5H2,1-3H3,(H,25,28)/t13-/m0/s1. The number of amides is 1. The average molecular weight is 452 g/mol. The molecule has 0 saturated carbocycles. The van der Waals surface area contributed by atoms with Gasteiger partial charge in [0.15, 0.2) is 0 Å². The first-order valence-corrected chi connectivity index (χ1v) is 9.62. The van der Waals surface area contributed by atoms with Gasteiger partial charge >= 0.3 is 12.1 Å². The van der Waals surface area contributed by atoms with Crippen LogP contribution in [0.25, 0.3) is 11.1 Å². The van der Waals surface area contributed by atoms with E-state index in [1.165, 1.54) is 19.1 Å². The number of hydrogen-bond donors (Lipinski definition) is 1. The first-order chi connectivity index (χ1) is 15.1. The van der Waals surface area contributed by atoms with E-state index < -0.39 is 46.6 Å². The molecule has 0 fully saturated rings. The van der Waals surface area contributed by atoms with Gasteiger partial charge < -0.3 is 14.6 Å². The lowest BCUT2D eigenvalue weighted by Crippen LogP contribution is -2.35. The van der Waals surface area contributed by atoms with Gasteiger partial charge in [-0.05, 0) is 32.4 Å². The number of alkyl halides is 3. The van der Waals surface area contributed by atoms with Gasteiger partial charge in [-0.3, -0.25) is 14.2 Å². The summed E-state index contributed by atoms with van der Waals surface area (Å²) in [5.74, 6) is -1.71. The van der Waals surface area contributed by atoms with Crippen LogP contribution in [-0.2, 0) is 15.7 Å². The molecule has 9 nitrogen and oxygen atoms in total. The zero-order valence-electron chi connectivity index (χ0n) is 17.3. The van der Waals surface area contributed by atoms with Crippen LogP contribution in [0.4, 0.5) is 18.9 Å². The van der Waals surface area contributed by atoms with Gasteiger partial charge in [0.05, 0.1) is 17.9 Å². The fourth-order valence-corrected chi connectivity index (χ4v) is 3.27. The van der Waals surface area contributed by atoms with Crippen LogP contribution in [0, 0.1) is 6.92 Å². The molecule has 2 aromatic heterocycles. The number of ether oxygens (including phenoxy) is 1. The molecule has 3 rings (SSSR count). The van der Waals surface area contributed by atoms with Crippen molar-refractivity contribution in [3.8, 4) is 0 Å². The van der Waals surface area contributed by atoms with Gasteiger partial charge in [0.25, 0.3) is 11.3 Å². The molecule has 0 saturated heterocycles. The lowest BCUT2D eigenvalue weighted by Gasteiger charge is -2.21. The van der Waals surface area contributed by atoms with Crippen molar-refractivity contribution < 1.29 is 32.0 Å². The number of nitrogens with one attached hydrogen (secondary N) is 1. The number of carbonyl (C=O) groups is 2. The van der Waals surface area contributed by atoms with E-state index in [2.05, 4.69) is 15.5 Å². The number of halogens is 3. The Bertz CT molecular complexity index is 1230. The van der Waals surface area contributed by atoms with E-state index in [0.29, 0.717) is 0 Å². The lowest BCUT2D eigenvalue weighted by molar-refractivity contribution is -0.137. The van der Waals surface area contributed by atoms with Crippen molar-refractivity contribution in [2.24, 2.45) is 0 Å². The Morgan fingerprint density at radius 1 is 1.25 bits per heavy atom. The zero-order valence-corrected chi connectivity index (χ0v) is 17.3. The van der Waals surface area contributed by atoms with Gasteiger partial charge in [-0.1, -0.05) is 24.2 Å². The number of para-hydroxylation sites is 1. The van der Waals surface area contributed by atoms with Crippen molar-refractivity contribution in [2.75, 3.05) is 11.9 Å². The van der Waals surface area contributed by atoms with E-state index in [1.807, 2.05) is 0 Å². The summed E-state index contributed by atoms with van der Waals surface area (Å²) in [6.07, 6.45) is -4.64. The van der Waals surface area contributed by atoms with E-state index >= 15 is 0 Å². The fourth-order valence-electron chi connectivity index (χ4n) is 3.27. The van der Waals surface area contributed by atoms with Gasteiger partial charge in [0, 0.05) is 0 Å². The third-order valence-corrected chi connectivity index (χ3v) is 4.68. The zero-order chi connectivity index (χ0) is 23.6. The summed E-state index contributed by atoms with van der Waals surface area (Å²) >= 11 is 0. The summed E-state index contributed by atoms with van der Waals surface area (Å²) < 4.78 is 50.6. The number of carbonyl (C=O) groups excluding carboxylic acids is 2. The second-order valence-electron chi connectivity index (χ2n) is 6.72. The fraction of sp³-hybridized carbons (Fsp3) is 0.350. The van der Waals surface area contributed by atoms with Gasteiger partial charge in [-0.25, -0.2) is 4.79 Å². The molecule has 0 aliphatic heterocycles. The first kappa shape index (κ1) is 23.0. The van der Waals surface area contributed by atoms with Crippen molar-refractivity contribution in [3.05, 3.63) is 51.7 Å². The topological polar surface area (TPSA) is 116 Å². The van der Waals surface area contributed by atoms with Crippen molar-refractivity contribution >= 4 is 28.7 Å². The Balaban J connectivity index is 2.07. The number of aromatic nitrogens is 3. The molecule has 0 radical (unpaired) electrons. The van der Waals surface area contributed by atoms with Gasteiger partial charge in [0.2, 0.25) is 11.6 Å². The summed E-state index contributed by atoms with van der Waals surface area (Å²) in [6, 6.07) is 3.28. The molecular formula is C20H19F3N4O5. The summed E-state index contributed by atoms with van der Waals surface area (Å²) in [6.45, 7) is 4.60. The van der Waals surface area contributed by atoms with Crippen LogP contribution in [0.1, 0.15) is 48.2 Å². The minimum Gasteiger partial charge on any atom is -0.461 e. The Labute approximate surface area is 179 Å². The number of benzene rings is 1. The Morgan fingerprint density at radius 2 is 1.94 bits per heavy atom.